The molecule has 5 nitrogen and oxygen atoms in total. The summed E-state index contributed by atoms with van der Waals surface area (Å²) in [5.41, 5.74) is 5.41. The molecule has 3 aromatic rings. The van der Waals surface area contributed by atoms with Crippen LogP contribution in [-0.2, 0) is 4.74 Å². The number of methoxy groups -OCH3 is 1. The molecule has 4 rings (SSSR count). The molecular weight excluding hydrogens is 416 g/mol. The van der Waals surface area contributed by atoms with Gasteiger partial charge in [-0.1, -0.05) is 29.8 Å². The Morgan fingerprint density at radius 3 is 2.63 bits per heavy atom. The van der Waals surface area contributed by atoms with E-state index in [1.165, 1.54) is 5.56 Å². The third kappa shape index (κ3) is 3.71. The molecule has 2 aromatic heterocycles. The number of rotatable bonds is 6. The van der Waals surface area contributed by atoms with E-state index in [0.717, 1.165) is 32.9 Å². The summed E-state index contributed by atoms with van der Waals surface area (Å²) in [5.74, 6) is 0. The van der Waals surface area contributed by atoms with E-state index in [2.05, 4.69) is 39.7 Å². The van der Waals surface area contributed by atoms with Crippen LogP contribution in [-0.4, -0.2) is 39.8 Å². The molecule has 1 N–H and O–H groups in total. The molecule has 1 aliphatic heterocycles. The third-order valence-corrected chi connectivity index (χ3v) is 6.29. The van der Waals surface area contributed by atoms with Crippen molar-refractivity contribution >= 4 is 28.9 Å². The van der Waals surface area contributed by atoms with Crippen LogP contribution in [0.15, 0.2) is 54.7 Å². The molecule has 2 atom stereocenters. The first-order valence-corrected chi connectivity index (χ1v) is 10.7. The highest BCUT2D eigenvalue weighted by molar-refractivity contribution is 7.80. The van der Waals surface area contributed by atoms with E-state index >= 15 is 0 Å². The Kier molecular flexibility index (Phi) is 6.09. The third-order valence-electron chi connectivity index (χ3n) is 5.62. The number of aromatic nitrogens is 2. The first-order chi connectivity index (χ1) is 14.5. The fourth-order valence-corrected chi connectivity index (χ4v) is 4.82. The highest BCUT2D eigenvalue weighted by Gasteiger charge is 2.41. The maximum atomic E-state index is 6.53. The molecule has 3 heterocycles. The first-order valence-electron chi connectivity index (χ1n) is 9.93. The van der Waals surface area contributed by atoms with Crippen molar-refractivity contribution in [3.05, 3.63) is 82.4 Å². The Hall–Kier alpha value is -2.41. The number of pyridine rings is 1. The average molecular weight is 441 g/mol. The molecule has 1 fully saturated rings. The number of halogens is 1. The lowest BCUT2D eigenvalue weighted by Crippen LogP contribution is -2.32. The van der Waals surface area contributed by atoms with Gasteiger partial charge in [-0.15, -0.1) is 0 Å². The van der Waals surface area contributed by atoms with Crippen molar-refractivity contribution < 1.29 is 4.74 Å². The molecule has 2 unspecified atom stereocenters. The van der Waals surface area contributed by atoms with Gasteiger partial charge in [0.15, 0.2) is 5.11 Å². The van der Waals surface area contributed by atoms with Crippen LogP contribution in [0, 0.1) is 13.8 Å². The largest absolute Gasteiger partial charge is 0.383 e. The normalized spacial score (nSPS) is 18.7. The Balaban J connectivity index is 1.83. The van der Waals surface area contributed by atoms with Gasteiger partial charge in [0.25, 0.3) is 0 Å². The van der Waals surface area contributed by atoms with Crippen molar-refractivity contribution in [1.29, 1.82) is 0 Å². The fourth-order valence-electron chi connectivity index (χ4n) is 4.27. The molecule has 1 saturated heterocycles. The minimum Gasteiger partial charge on any atom is -0.383 e. The summed E-state index contributed by atoms with van der Waals surface area (Å²) in [7, 11) is 1.71. The van der Waals surface area contributed by atoms with Gasteiger partial charge >= 0.3 is 0 Å². The minimum absolute atomic E-state index is 0.00462. The van der Waals surface area contributed by atoms with Crippen LogP contribution in [0.1, 0.15) is 34.7 Å². The number of nitrogens with one attached hydrogen (secondary N) is 1. The molecule has 156 valence electrons. The molecule has 0 aliphatic carbocycles. The van der Waals surface area contributed by atoms with Crippen LogP contribution in [0.2, 0.25) is 5.02 Å². The summed E-state index contributed by atoms with van der Waals surface area (Å²) in [6, 6.07) is 16.1. The molecule has 30 heavy (non-hydrogen) atoms. The smallest absolute Gasteiger partial charge is 0.170 e. The quantitative estimate of drug-likeness (QED) is 0.559. The fraction of sp³-hybridized carbons (Fsp3) is 0.304. The topological polar surface area (TPSA) is 42.3 Å². The van der Waals surface area contributed by atoms with E-state index in [-0.39, 0.29) is 12.1 Å². The predicted octanol–water partition coefficient (Wildman–Crippen LogP) is 4.76. The van der Waals surface area contributed by atoms with Gasteiger partial charge in [-0.05, 0) is 62.0 Å². The van der Waals surface area contributed by atoms with Crippen molar-refractivity contribution in [2.75, 3.05) is 20.3 Å². The summed E-state index contributed by atoms with van der Waals surface area (Å²) in [6.45, 7) is 5.54. The molecule has 0 spiro atoms. The monoisotopic (exact) mass is 440 g/mol. The average Bonchev–Trinajstić information content (AvgIpc) is 3.23. The molecule has 1 aromatic carbocycles. The van der Waals surface area contributed by atoms with Crippen LogP contribution in [0.3, 0.4) is 0 Å². The molecule has 0 bridgehead atoms. The van der Waals surface area contributed by atoms with Crippen molar-refractivity contribution in [3.63, 3.8) is 0 Å². The molecule has 7 heteroatoms. The lowest BCUT2D eigenvalue weighted by molar-refractivity contribution is 0.164. The number of nitrogens with zero attached hydrogens (tertiary/aromatic N) is 3. The lowest BCUT2D eigenvalue weighted by Gasteiger charge is -2.28. The number of ether oxygens (including phenoxy) is 1. The van der Waals surface area contributed by atoms with Crippen molar-refractivity contribution in [2.24, 2.45) is 0 Å². The van der Waals surface area contributed by atoms with Gasteiger partial charge in [0.05, 0.1) is 35.1 Å². The number of hydrogen-bond donors (Lipinski definition) is 1. The number of thiocarbonyl (C=S) groups is 1. The number of benzene rings is 1. The number of para-hydroxylation sites is 1. The summed E-state index contributed by atoms with van der Waals surface area (Å²) < 4.78 is 7.57. The number of aryl methyl sites for hydroxylation is 1. The van der Waals surface area contributed by atoms with Gasteiger partial charge in [0.2, 0.25) is 0 Å². The maximum absolute atomic E-state index is 6.53. The van der Waals surface area contributed by atoms with Crippen LogP contribution in [0.25, 0.3) is 5.69 Å². The van der Waals surface area contributed by atoms with Crippen LogP contribution in [0.5, 0.6) is 0 Å². The van der Waals surface area contributed by atoms with Gasteiger partial charge in [0, 0.05) is 31.2 Å². The van der Waals surface area contributed by atoms with Crippen LogP contribution < -0.4 is 5.32 Å². The lowest BCUT2D eigenvalue weighted by atomic mass is 9.97. The molecule has 0 saturated carbocycles. The minimum atomic E-state index is -0.0456. The van der Waals surface area contributed by atoms with E-state index in [1.54, 1.807) is 7.11 Å². The highest BCUT2D eigenvalue weighted by atomic mass is 35.5. The van der Waals surface area contributed by atoms with E-state index in [4.69, 9.17) is 28.6 Å². The Bertz CT molecular complexity index is 1050. The van der Waals surface area contributed by atoms with Crippen molar-refractivity contribution in [1.82, 2.24) is 19.8 Å². The highest BCUT2D eigenvalue weighted by Crippen LogP contribution is 2.41. The number of hydrogen-bond acceptors (Lipinski definition) is 3. The van der Waals surface area contributed by atoms with Gasteiger partial charge in [-0.25, -0.2) is 0 Å². The van der Waals surface area contributed by atoms with Crippen molar-refractivity contribution in [3.8, 4) is 5.69 Å². The Morgan fingerprint density at radius 1 is 1.17 bits per heavy atom. The van der Waals surface area contributed by atoms with Gasteiger partial charge in [-0.3, -0.25) is 4.98 Å². The standard InChI is InChI=1S/C23H25ClN4OS/c1-15-14-17(16(2)28(15)20-10-5-4-8-18(20)24)22-21(19-9-6-7-11-25-19)26-23(30)27(22)12-13-29-3/h4-11,14,21-22H,12-13H2,1-3H3,(H,26,30). The van der Waals surface area contributed by atoms with Gasteiger partial charge < -0.3 is 19.5 Å². The second kappa shape index (κ2) is 8.76. The van der Waals surface area contributed by atoms with E-state index < -0.39 is 0 Å². The second-order valence-corrected chi connectivity index (χ2v) is 8.22. The summed E-state index contributed by atoms with van der Waals surface area (Å²) in [5, 5.41) is 4.93. The van der Waals surface area contributed by atoms with Crippen LogP contribution >= 0.6 is 23.8 Å². The first kappa shape index (κ1) is 20.8. The molecule has 1 aliphatic rings. The van der Waals surface area contributed by atoms with Crippen LogP contribution in [0.4, 0.5) is 0 Å². The molecule has 0 amide bonds. The van der Waals surface area contributed by atoms with Gasteiger partial charge in [-0.2, -0.15) is 0 Å². The van der Waals surface area contributed by atoms with Gasteiger partial charge in [0.1, 0.15) is 0 Å². The summed E-state index contributed by atoms with van der Waals surface area (Å²) in [4.78, 5) is 6.81. The van der Waals surface area contributed by atoms with E-state index in [0.29, 0.717) is 13.2 Å². The molecule has 0 radical (unpaired) electrons. The zero-order valence-corrected chi connectivity index (χ0v) is 18.9. The predicted molar refractivity (Wildman–Crippen MR) is 124 cm³/mol. The molecular formula is C23H25ClN4OS. The van der Waals surface area contributed by atoms with Crippen molar-refractivity contribution in [2.45, 2.75) is 25.9 Å². The second-order valence-electron chi connectivity index (χ2n) is 7.43. The SMILES string of the molecule is COCCN1C(=S)NC(c2ccccn2)C1c1cc(C)n(-c2ccccc2Cl)c1C. The van der Waals surface area contributed by atoms with E-state index in [9.17, 15) is 0 Å². The summed E-state index contributed by atoms with van der Waals surface area (Å²) >= 11 is 12.2. The van der Waals surface area contributed by atoms with E-state index in [1.807, 2.05) is 48.7 Å². The zero-order valence-electron chi connectivity index (χ0n) is 17.3. The zero-order chi connectivity index (χ0) is 21.3. The Morgan fingerprint density at radius 2 is 1.93 bits per heavy atom. The maximum Gasteiger partial charge on any atom is 0.170 e. The Labute approximate surface area is 187 Å². The summed E-state index contributed by atoms with van der Waals surface area (Å²) in [6.07, 6.45) is 1.82.